The van der Waals surface area contributed by atoms with E-state index in [-0.39, 0.29) is 4.83 Å². The number of hydrogen-bond donors (Lipinski definition) is 0. The largest absolute Gasteiger partial charge is 0.496 e. The summed E-state index contributed by atoms with van der Waals surface area (Å²) in [4.78, 5) is 0.0758. The molecule has 2 aromatic rings. The van der Waals surface area contributed by atoms with Gasteiger partial charge < -0.3 is 4.74 Å². The van der Waals surface area contributed by atoms with Gasteiger partial charge in [-0.15, -0.1) is 0 Å². The molecule has 0 saturated heterocycles. The third-order valence-corrected chi connectivity index (χ3v) is 4.53. The van der Waals surface area contributed by atoms with Gasteiger partial charge in [0.15, 0.2) is 0 Å². The number of rotatable bonds is 5. The summed E-state index contributed by atoms with van der Waals surface area (Å²) in [6.07, 6.45) is 2.28. The molecule has 2 rings (SSSR count). The van der Waals surface area contributed by atoms with E-state index in [1.54, 1.807) is 7.11 Å². The zero-order valence-corrected chi connectivity index (χ0v) is 14.0. The molecule has 2 aromatic carbocycles. The zero-order valence-electron chi connectivity index (χ0n) is 11.7. The lowest BCUT2D eigenvalue weighted by molar-refractivity contribution is 0.410. The third kappa shape index (κ3) is 3.56. The molecule has 0 aliphatic rings. The molecule has 0 spiro atoms. The van der Waals surface area contributed by atoms with Crippen molar-refractivity contribution in [1.82, 2.24) is 0 Å². The van der Waals surface area contributed by atoms with Gasteiger partial charge in [-0.2, -0.15) is 0 Å². The second-order valence-corrected chi connectivity index (χ2v) is 6.09. The molecule has 0 aliphatic carbocycles. The van der Waals surface area contributed by atoms with E-state index in [1.165, 1.54) is 17.5 Å². The summed E-state index contributed by atoms with van der Waals surface area (Å²) in [6, 6.07) is 14.4. The lowest BCUT2D eigenvalue weighted by Gasteiger charge is -2.15. The van der Waals surface area contributed by atoms with Crippen LogP contribution in [0.2, 0.25) is 5.02 Å². The molecule has 0 radical (unpaired) electrons. The van der Waals surface area contributed by atoms with Crippen molar-refractivity contribution in [3.05, 3.63) is 64.2 Å². The molecule has 1 nitrogen and oxygen atoms in total. The number of halogens is 2. The molecule has 0 fully saturated rings. The predicted octanol–water partition coefficient (Wildman–Crippen LogP) is 5.79. The summed E-state index contributed by atoms with van der Waals surface area (Å²) < 4.78 is 5.42. The Labute approximate surface area is 134 Å². The Balaban J connectivity index is 2.30. The molecule has 1 unspecified atom stereocenters. The van der Waals surface area contributed by atoms with Gasteiger partial charge >= 0.3 is 0 Å². The van der Waals surface area contributed by atoms with Gasteiger partial charge in [-0.25, -0.2) is 0 Å². The Bertz CT molecular complexity index is 566. The molecule has 106 valence electrons. The van der Waals surface area contributed by atoms with Crippen molar-refractivity contribution in [1.29, 1.82) is 0 Å². The summed E-state index contributed by atoms with van der Waals surface area (Å²) in [5, 5.41) is 0.716. The average Bonchev–Trinajstić information content (AvgIpc) is 2.47. The zero-order chi connectivity index (χ0) is 14.5. The minimum atomic E-state index is 0.0758. The predicted molar refractivity (Wildman–Crippen MR) is 89.2 cm³/mol. The number of methoxy groups -OCH3 is 1. The van der Waals surface area contributed by atoms with E-state index in [0.29, 0.717) is 5.02 Å². The highest BCUT2D eigenvalue weighted by Crippen LogP contribution is 2.38. The van der Waals surface area contributed by atoms with Crippen LogP contribution in [-0.2, 0) is 6.42 Å². The number of benzene rings is 2. The van der Waals surface area contributed by atoms with Gasteiger partial charge in [0.1, 0.15) is 5.75 Å². The van der Waals surface area contributed by atoms with E-state index < -0.39 is 0 Å². The van der Waals surface area contributed by atoms with E-state index in [0.717, 1.165) is 17.7 Å². The molecule has 0 bridgehead atoms. The van der Waals surface area contributed by atoms with Crippen LogP contribution in [0.1, 0.15) is 34.9 Å². The van der Waals surface area contributed by atoms with Crippen LogP contribution < -0.4 is 4.74 Å². The first kappa shape index (κ1) is 15.4. The summed E-state index contributed by atoms with van der Waals surface area (Å²) in [7, 11) is 1.68. The van der Waals surface area contributed by atoms with E-state index >= 15 is 0 Å². The average molecular weight is 354 g/mol. The highest BCUT2D eigenvalue weighted by atomic mass is 79.9. The SMILES string of the molecule is CCCc1ccc(C(Br)c2cc(Cl)ccc2OC)cc1. The molecule has 0 aromatic heterocycles. The number of alkyl halides is 1. The lowest BCUT2D eigenvalue weighted by Crippen LogP contribution is -1.97. The Morgan fingerprint density at radius 1 is 1.15 bits per heavy atom. The fourth-order valence-electron chi connectivity index (χ4n) is 2.22. The Morgan fingerprint density at radius 2 is 1.85 bits per heavy atom. The fourth-order valence-corrected chi connectivity index (χ4v) is 3.07. The molecule has 0 amide bonds. The summed E-state index contributed by atoms with van der Waals surface area (Å²) in [6.45, 7) is 2.19. The second-order valence-electron chi connectivity index (χ2n) is 4.74. The van der Waals surface area contributed by atoms with Crippen molar-refractivity contribution in [2.75, 3.05) is 7.11 Å². The number of aryl methyl sites for hydroxylation is 1. The fraction of sp³-hybridized carbons (Fsp3) is 0.294. The number of hydrogen-bond acceptors (Lipinski definition) is 1. The maximum Gasteiger partial charge on any atom is 0.123 e. The van der Waals surface area contributed by atoms with Gasteiger partial charge in [0.25, 0.3) is 0 Å². The smallest absolute Gasteiger partial charge is 0.123 e. The molecule has 1 atom stereocenters. The first-order valence-corrected chi connectivity index (χ1v) is 8.01. The van der Waals surface area contributed by atoms with Crippen molar-refractivity contribution in [3.8, 4) is 5.75 Å². The van der Waals surface area contributed by atoms with E-state index in [4.69, 9.17) is 16.3 Å². The molecule has 0 N–H and O–H groups in total. The van der Waals surface area contributed by atoms with Gasteiger partial charge in [-0.1, -0.05) is 65.1 Å². The number of ether oxygens (including phenoxy) is 1. The summed E-state index contributed by atoms with van der Waals surface area (Å²) in [5.41, 5.74) is 3.61. The van der Waals surface area contributed by atoms with Crippen LogP contribution in [0.5, 0.6) is 5.75 Å². The molecular weight excluding hydrogens is 336 g/mol. The van der Waals surface area contributed by atoms with E-state index in [9.17, 15) is 0 Å². The van der Waals surface area contributed by atoms with Crippen molar-refractivity contribution in [2.45, 2.75) is 24.6 Å². The van der Waals surface area contributed by atoms with Crippen molar-refractivity contribution >= 4 is 27.5 Å². The maximum absolute atomic E-state index is 6.10. The first-order chi connectivity index (χ1) is 9.65. The summed E-state index contributed by atoms with van der Waals surface area (Å²) >= 11 is 9.84. The monoisotopic (exact) mass is 352 g/mol. The Morgan fingerprint density at radius 3 is 2.45 bits per heavy atom. The molecule has 0 saturated carbocycles. The molecule has 0 aliphatic heterocycles. The molecule has 3 heteroatoms. The van der Waals surface area contributed by atoms with Crippen molar-refractivity contribution in [3.63, 3.8) is 0 Å². The highest BCUT2D eigenvalue weighted by Gasteiger charge is 2.15. The molecular formula is C17H18BrClO. The Kier molecular flexibility index (Phi) is 5.50. The molecule has 0 heterocycles. The van der Waals surface area contributed by atoms with Crippen LogP contribution in [0.3, 0.4) is 0 Å². The highest BCUT2D eigenvalue weighted by molar-refractivity contribution is 9.09. The van der Waals surface area contributed by atoms with Crippen LogP contribution in [0, 0.1) is 0 Å². The van der Waals surface area contributed by atoms with Gasteiger partial charge in [0.2, 0.25) is 0 Å². The topological polar surface area (TPSA) is 9.23 Å². The van der Waals surface area contributed by atoms with Gasteiger partial charge in [-0.3, -0.25) is 0 Å². The normalized spacial score (nSPS) is 12.2. The first-order valence-electron chi connectivity index (χ1n) is 6.72. The van der Waals surface area contributed by atoms with Crippen LogP contribution in [0.15, 0.2) is 42.5 Å². The summed E-state index contributed by atoms with van der Waals surface area (Å²) in [5.74, 6) is 0.842. The van der Waals surface area contributed by atoms with Crippen LogP contribution in [-0.4, -0.2) is 7.11 Å². The Hall–Kier alpha value is -0.990. The van der Waals surface area contributed by atoms with Crippen LogP contribution in [0.25, 0.3) is 0 Å². The maximum atomic E-state index is 6.10. The van der Waals surface area contributed by atoms with Crippen molar-refractivity contribution < 1.29 is 4.74 Å². The van der Waals surface area contributed by atoms with E-state index in [1.807, 2.05) is 18.2 Å². The van der Waals surface area contributed by atoms with Crippen LogP contribution >= 0.6 is 27.5 Å². The minimum absolute atomic E-state index is 0.0758. The standard InChI is InChI=1S/C17H18BrClO/c1-3-4-12-5-7-13(8-6-12)17(18)15-11-14(19)9-10-16(15)20-2/h5-11,17H,3-4H2,1-2H3. The minimum Gasteiger partial charge on any atom is -0.496 e. The second kappa shape index (κ2) is 7.14. The van der Waals surface area contributed by atoms with Gasteiger partial charge in [-0.05, 0) is 35.7 Å². The van der Waals surface area contributed by atoms with Crippen LogP contribution in [0.4, 0.5) is 0 Å². The molecule has 20 heavy (non-hydrogen) atoms. The lowest BCUT2D eigenvalue weighted by atomic mass is 10.0. The van der Waals surface area contributed by atoms with Gasteiger partial charge in [0.05, 0.1) is 11.9 Å². The van der Waals surface area contributed by atoms with Crippen molar-refractivity contribution in [2.24, 2.45) is 0 Å². The quantitative estimate of drug-likeness (QED) is 0.619. The van der Waals surface area contributed by atoms with E-state index in [2.05, 4.69) is 47.1 Å². The third-order valence-electron chi connectivity index (χ3n) is 3.28. The van der Waals surface area contributed by atoms with Gasteiger partial charge in [0, 0.05) is 10.6 Å².